The third-order valence-corrected chi connectivity index (χ3v) is 5.94. The topological polar surface area (TPSA) is 20.2 Å². The van der Waals surface area contributed by atoms with Gasteiger partial charge >= 0.3 is 0 Å². The van der Waals surface area contributed by atoms with E-state index in [4.69, 9.17) is 0 Å². The zero-order valence-electron chi connectivity index (χ0n) is 13.4. The average Bonchev–Trinajstić information content (AvgIpc) is 2.37. The van der Waals surface area contributed by atoms with Crippen LogP contribution in [0.25, 0.3) is 0 Å². The maximum absolute atomic E-state index is 10.8. The van der Waals surface area contributed by atoms with E-state index in [1.807, 2.05) is 0 Å². The summed E-state index contributed by atoms with van der Waals surface area (Å²) in [6.45, 7) is 9.44. The first-order chi connectivity index (χ1) is 8.97. The summed E-state index contributed by atoms with van der Waals surface area (Å²) in [5, 5.41) is 10.8. The number of hydrogen-bond acceptors (Lipinski definition) is 1. The van der Waals surface area contributed by atoms with Crippen molar-refractivity contribution in [2.45, 2.75) is 78.7 Å². The van der Waals surface area contributed by atoms with Crippen LogP contribution in [0.1, 0.15) is 72.6 Å². The minimum atomic E-state index is -0.0155. The molecule has 2 aliphatic rings. The molecule has 0 aromatic carbocycles. The lowest BCUT2D eigenvalue weighted by Crippen LogP contribution is -2.36. The highest BCUT2D eigenvalue weighted by atomic mass is 16.3. The molecule has 2 fully saturated rings. The molecule has 0 spiro atoms. The molecule has 0 bridgehead atoms. The zero-order valence-corrected chi connectivity index (χ0v) is 13.4. The fraction of sp³-hybridized carbons (Fsp3) is 1.00. The molecule has 0 radical (unpaired) electrons. The normalized spacial score (nSPS) is 42.3. The lowest BCUT2D eigenvalue weighted by Gasteiger charge is -2.40. The Morgan fingerprint density at radius 3 is 1.68 bits per heavy atom. The van der Waals surface area contributed by atoms with Gasteiger partial charge in [0.1, 0.15) is 0 Å². The molecule has 112 valence electrons. The molecule has 0 saturated heterocycles. The average molecular weight is 266 g/mol. The predicted octanol–water partition coefficient (Wildman–Crippen LogP) is 4.88. The van der Waals surface area contributed by atoms with Crippen LogP contribution in [0.3, 0.4) is 0 Å². The summed E-state index contributed by atoms with van der Waals surface area (Å²) in [5.74, 6) is 4.54. The molecule has 1 heteroatoms. The summed E-state index contributed by atoms with van der Waals surface area (Å²) in [4.78, 5) is 0. The summed E-state index contributed by atoms with van der Waals surface area (Å²) in [6.07, 6.45) is 9.09. The van der Waals surface area contributed by atoms with Gasteiger partial charge in [-0.05, 0) is 80.5 Å². The quantitative estimate of drug-likeness (QED) is 0.771. The molecule has 3 unspecified atom stereocenters. The Balaban J connectivity index is 1.85. The van der Waals surface area contributed by atoms with E-state index in [0.29, 0.717) is 11.8 Å². The third-order valence-electron chi connectivity index (χ3n) is 5.94. The van der Waals surface area contributed by atoms with Gasteiger partial charge in [-0.3, -0.25) is 0 Å². The lowest BCUT2D eigenvalue weighted by atomic mass is 9.68. The molecule has 2 rings (SSSR count). The van der Waals surface area contributed by atoms with Crippen LogP contribution in [0.2, 0.25) is 0 Å². The number of aliphatic hydroxyl groups is 1. The van der Waals surface area contributed by atoms with E-state index in [1.165, 1.54) is 44.9 Å². The molecule has 3 atom stereocenters. The molecule has 0 aliphatic heterocycles. The van der Waals surface area contributed by atoms with Crippen LogP contribution in [0, 0.1) is 35.5 Å². The van der Waals surface area contributed by atoms with Gasteiger partial charge < -0.3 is 5.11 Å². The second-order valence-corrected chi connectivity index (χ2v) is 8.09. The maximum atomic E-state index is 10.8. The van der Waals surface area contributed by atoms with Crippen molar-refractivity contribution in [3.05, 3.63) is 0 Å². The van der Waals surface area contributed by atoms with Crippen molar-refractivity contribution in [1.29, 1.82) is 0 Å². The first-order valence-electron chi connectivity index (χ1n) is 8.65. The van der Waals surface area contributed by atoms with Crippen LogP contribution in [0.5, 0.6) is 0 Å². The van der Waals surface area contributed by atoms with Crippen molar-refractivity contribution in [2.24, 2.45) is 35.5 Å². The minimum absolute atomic E-state index is 0.0155. The van der Waals surface area contributed by atoms with E-state index >= 15 is 0 Å². The van der Waals surface area contributed by atoms with Crippen molar-refractivity contribution in [2.75, 3.05) is 0 Å². The Hall–Kier alpha value is -0.0400. The van der Waals surface area contributed by atoms with Gasteiger partial charge in [-0.25, -0.2) is 0 Å². The predicted molar refractivity (Wildman–Crippen MR) is 82.0 cm³/mol. The molecule has 19 heavy (non-hydrogen) atoms. The van der Waals surface area contributed by atoms with Crippen LogP contribution in [-0.4, -0.2) is 11.2 Å². The van der Waals surface area contributed by atoms with Gasteiger partial charge in [0.05, 0.1) is 6.10 Å². The van der Waals surface area contributed by atoms with Crippen molar-refractivity contribution in [3.63, 3.8) is 0 Å². The summed E-state index contributed by atoms with van der Waals surface area (Å²) < 4.78 is 0. The van der Waals surface area contributed by atoms with Crippen LogP contribution in [0.15, 0.2) is 0 Å². The SMILES string of the molecule is CC1CC(C)CC(C(O)C2CCC(C(C)C)CC2)C1. The Labute approximate surface area is 120 Å². The Bertz CT molecular complexity index is 255. The van der Waals surface area contributed by atoms with Crippen molar-refractivity contribution in [3.8, 4) is 0 Å². The van der Waals surface area contributed by atoms with Gasteiger partial charge in [0, 0.05) is 0 Å². The van der Waals surface area contributed by atoms with E-state index in [1.54, 1.807) is 0 Å². The van der Waals surface area contributed by atoms with Crippen molar-refractivity contribution in [1.82, 2.24) is 0 Å². The molecule has 0 amide bonds. The molecular formula is C18H34O. The number of aliphatic hydroxyl groups excluding tert-OH is 1. The highest BCUT2D eigenvalue weighted by Gasteiger charge is 2.35. The van der Waals surface area contributed by atoms with Gasteiger partial charge in [-0.2, -0.15) is 0 Å². The van der Waals surface area contributed by atoms with E-state index in [-0.39, 0.29) is 6.10 Å². The second kappa shape index (κ2) is 6.61. The third kappa shape index (κ3) is 3.97. The van der Waals surface area contributed by atoms with Crippen molar-refractivity contribution >= 4 is 0 Å². The maximum Gasteiger partial charge on any atom is 0.0596 e. The van der Waals surface area contributed by atoms with E-state index in [9.17, 15) is 5.11 Å². The molecule has 2 aliphatic carbocycles. The van der Waals surface area contributed by atoms with E-state index in [0.717, 1.165) is 23.7 Å². The zero-order chi connectivity index (χ0) is 14.0. The fourth-order valence-corrected chi connectivity index (χ4v) is 4.83. The van der Waals surface area contributed by atoms with Crippen LogP contribution in [-0.2, 0) is 0 Å². The second-order valence-electron chi connectivity index (χ2n) is 8.09. The van der Waals surface area contributed by atoms with Gasteiger partial charge in [-0.1, -0.05) is 27.7 Å². The molecule has 1 nitrogen and oxygen atoms in total. The van der Waals surface area contributed by atoms with E-state index < -0.39 is 0 Å². The molecule has 0 aromatic rings. The van der Waals surface area contributed by atoms with Crippen LogP contribution in [0.4, 0.5) is 0 Å². The monoisotopic (exact) mass is 266 g/mol. The summed E-state index contributed by atoms with van der Waals surface area (Å²) in [7, 11) is 0. The molecule has 0 heterocycles. The van der Waals surface area contributed by atoms with Gasteiger partial charge in [-0.15, -0.1) is 0 Å². The van der Waals surface area contributed by atoms with E-state index in [2.05, 4.69) is 27.7 Å². The minimum Gasteiger partial charge on any atom is -0.393 e. The molecule has 1 N–H and O–H groups in total. The van der Waals surface area contributed by atoms with Gasteiger partial charge in [0.25, 0.3) is 0 Å². The highest BCUT2D eigenvalue weighted by molar-refractivity contribution is 4.86. The Kier molecular flexibility index (Phi) is 5.34. The first kappa shape index (κ1) is 15.4. The summed E-state index contributed by atoms with van der Waals surface area (Å²) in [5.41, 5.74) is 0. The van der Waals surface area contributed by atoms with Crippen LogP contribution >= 0.6 is 0 Å². The largest absolute Gasteiger partial charge is 0.393 e. The Morgan fingerprint density at radius 1 is 0.737 bits per heavy atom. The van der Waals surface area contributed by atoms with Gasteiger partial charge in [0.15, 0.2) is 0 Å². The number of hydrogen-bond donors (Lipinski definition) is 1. The molecule has 0 aromatic heterocycles. The highest BCUT2D eigenvalue weighted by Crippen LogP contribution is 2.41. The fourth-order valence-electron chi connectivity index (χ4n) is 4.83. The standard InChI is InChI=1S/C18H34O/c1-12(2)15-5-7-16(8-6-15)18(19)17-10-13(3)9-14(4)11-17/h12-19H,5-11H2,1-4H3. The summed E-state index contributed by atoms with van der Waals surface area (Å²) in [6, 6.07) is 0. The molecule has 2 saturated carbocycles. The number of rotatable bonds is 3. The first-order valence-corrected chi connectivity index (χ1v) is 8.65. The molecular weight excluding hydrogens is 232 g/mol. The lowest BCUT2D eigenvalue weighted by molar-refractivity contribution is -0.00689. The Morgan fingerprint density at radius 2 is 1.21 bits per heavy atom. The van der Waals surface area contributed by atoms with Crippen LogP contribution < -0.4 is 0 Å². The van der Waals surface area contributed by atoms with Gasteiger partial charge in [0.2, 0.25) is 0 Å². The smallest absolute Gasteiger partial charge is 0.0596 e. The van der Waals surface area contributed by atoms with Crippen molar-refractivity contribution < 1.29 is 5.11 Å². The summed E-state index contributed by atoms with van der Waals surface area (Å²) >= 11 is 0.